The number of benzene rings is 1. The second kappa shape index (κ2) is 4.42. The van der Waals surface area contributed by atoms with Crippen molar-refractivity contribution in [3.05, 3.63) is 53.5 Å². The second-order valence-corrected chi connectivity index (χ2v) is 5.24. The van der Waals surface area contributed by atoms with Crippen LogP contribution in [0.5, 0.6) is 0 Å². The molecule has 0 amide bonds. The van der Waals surface area contributed by atoms with E-state index < -0.39 is 0 Å². The number of aryl methyl sites for hydroxylation is 2. The molecule has 1 aliphatic rings. The van der Waals surface area contributed by atoms with Crippen LogP contribution in [-0.4, -0.2) is 14.4 Å². The fraction of sp³-hybridized carbons (Fsp3) is 0.250. The molecule has 0 saturated heterocycles. The molecule has 20 heavy (non-hydrogen) atoms. The molecule has 0 atom stereocenters. The standard InChI is InChI=1S/C16H16N4/c17-10-14-15(19-16-18-7-2-8-20(14)16)13-6-5-11-3-1-4-12(11)9-13/h2,5-9H,1,3-4,10,17H2. The highest BCUT2D eigenvalue weighted by Crippen LogP contribution is 2.29. The lowest BCUT2D eigenvalue weighted by molar-refractivity contribution is 0.912. The maximum atomic E-state index is 5.92. The molecule has 4 rings (SSSR count). The van der Waals surface area contributed by atoms with Gasteiger partial charge < -0.3 is 5.73 Å². The van der Waals surface area contributed by atoms with E-state index >= 15 is 0 Å². The van der Waals surface area contributed by atoms with Gasteiger partial charge in [-0.1, -0.05) is 12.1 Å². The van der Waals surface area contributed by atoms with Crippen molar-refractivity contribution in [2.24, 2.45) is 5.73 Å². The molecule has 3 aromatic rings. The molecule has 2 heterocycles. The van der Waals surface area contributed by atoms with E-state index in [9.17, 15) is 0 Å². The molecule has 0 radical (unpaired) electrons. The number of nitrogens with zero attached hydrogens (tertiary/aromatic N) is 3. The average Bonchev–Trinajstić information content (AvgIpc) is 3.10. The first-order chi connectivity index (χ1) is 9.86. The second-order valence-electron chi connectivity index (χ2n) is 5.24. The van der Waals surface area contributed by atoms with Gasteiger partial charge in [0.05, 0.1) is 11.4 Å². The van der Waals surface area contributed by atoms with Crippen LogP contribution in [0.1, 0.15) is 23.2 Å². The fourth-order valence-electron chi connectivity index (χ4n) is 3.08. The lowest BCUT2D eigenvalue weighted by Crippen LogP contribution is -2.02. The Hall–Kier alpha value is -2.20. The van der Waals surface area contributed by atoms with E-state index in [1.807, 2.05) is 16.7 Å². The number of hydrogen-bond acceptors (Lipinski definition) is 3. The summed E-state index contributed by atoms with van der Waals surface area (Å²) in [6, 6.07) is 8.56. The van der Waals surface area contributed by atoms with Gasteiger partial charge in [0.1, 0.15) is 0 Å². The van der Waals surface area contributed by atoms with Crippen LogP contribution in [-0.2, 0) is 19.4 Å². The Morgan fingerprint density at radius 2 is 2.10 bits per heavy atom. The molecule has 100 valence electrons. The van der Waals surface area contributed by atoms with Gasteiger partial charge in [0.25, 0.3) is 0 Å². The van der Waals surface area contributed by atoms with Crippen molar-refractivity contribution in [1.82, 2.24) is 14.4 Å². The molecule has 2 aromatic heterocycles. The van der Waals surface area contributed by atoms with Crippen LogP contribution in [0.3, 0.4) is 0 Å². The molecule has 4 nitrogen and oxygen atoms in total. The molecule has 1 aliphatic carbocycles. The maximum absolute atomic E-state index is 5.92. The lowest BCUT2D eigenvalue weighted by Gasteiger charge is -2.05. The van der Waals surface area contributed by atoms with Gasteiger partial charge in [-0.05, 0) is 42.5 Å². The number of aromatic nitrogens is 3. The molecule has 0 saturated carbocycles. The Kier molecular flexibility index (Phi) is 2.57. The maximum Gasteiger partial charge on any atom is 0.234 e. The predicted molar refractivity (Wildman–Crippen MR) is 78.3 cm³/mol. The van der Waals surface area contributed by atoms with Crippen molar-refractivity contribution < 1.29 is 0 Å². The summed E-state index contributed by atoms with van der Waals surface area (Å²) in [6.45, 7) is 0.458. The summed E-state index contributed by atoms with van der Waals surface area (Å²) in [6.07, 6.45) is 7.36. The summed E-state index contributed by atoms with van der Waals surface area (Å²) < 4.78 is 1.97. The largest absolute Gasteiger partial charge is 0.325 e. The first kappa shape index (κ1) is 11.6. The molecule has 1 aromatic carbocycles. The summed E-state index contributed by atoms with van der Waals surface area (Å²) in [7, 11) is 0. The Morgan fingerprint density at radius 1 is 1.20 bits per heavy atom. The number of imidazole rings is 1. The van der Waals surface area contributed by atoms with E-state index in [1.54, 1.807) is 6.20 Å². The first-order valence-electron chi connectivity index (χ1n) is 7.01. The SMILES string of the molecule is NCc1c(-c2ccc3c(c2)CCC3)nc2ncccn12. The molecule has 0 bridgehead atoms. The van der Waals surface area contributed by atoms with Gasteiger partial charge in [0.2, 0.25) is 5.78 Å². The fourth-order valence-corrected chi connectivity index (χ4v) is 3.08. The highest BCUT2D eigenvalue weighted by atomic mass is 15.1. The minimum absolute atomic E-state index is 0.458. The molecular weight excluding hydrogens is 248 g/mol. The van der Waals surface area contributed by atoms with Crippen LogP contribution in [0.2, 0.25) is 0 Å². The van der Waals surface area contributed by atoms with Crippen molar-refractivity contribution in [2.45, 2.75) is 25.8 Å². The minimum Gasteiger partial charge on any atom is -0.325 e. The van der Waals surface area contributed by atoms with Gasteiger partial charge >= 0.3 is 0 Å². The third-order valence-electron chi connectivity index (χ3n) is 4.07. The van der Waals surface area contributed by atoms with Crippen LogP contribution in [0.15, 0.2) is 36.7 Å². The molecule has 0 fully saturated rings. The van der Waals surface area contributed by atoms with Gasteiger partial charge in [-0.2, -0.15) is 0 Å². The Bertz CT molecular complexity index is 788. The van der Waals surface area contributed by atoms with Crippen molar-refractivity contribution in [2.75, 3.05) is 0 Å². The summed E-state index contributed by atoms with van der Waals surface area (Å²) in [5, 5.41) is 0. The quantitative estimate of drug-likeness (QED) is 0.773. The van der Waals surface area contributed by atoms with Crippen molar-refractivity contribution in [1.29, 1.82) is 0 Å². The summed E-state index contributed by atoms with van der Waals surface area (Å²) in [5.41, 5.74) is 12.0. The van der Waals surface area contributed by atoms with E-state index in [0.29, 0.717) is 12.3 Å². The third-order valence-corrected chi connectivity index (χ3v) is 4.07. The number of rotatable bonds is 2. The highest BCUT2D eigenvalue weighted by molar-refractivity contribution is 5.67. The van der Waals surface area contributed by atoms with Crippen LogP contribution in [0.25, 0.3) is 17.0 Å². The zero-order valence-electron chi connectivity index (χ0n) is 11.2. The van der Waals surface area contributed by atoms with Gasteiger partial charge in [0.15, 0.2) is 0 Å². The average molecular weight is 264 g/mol. The zero-order chi connectivity index (χ0) is 13.5. The topological polar surface area (TPSA) is 56.2 Å². The summed E-state index contributed by atoms with van der Waals surface area (Å²) in [4.78, 5) is 8.96. The number of fused-ring (bicyclic) bond motifs is 2. The molecule has 0 aliphatic heterocycles. The van der Waals surface area contributed by atoms with E-state index in [2.05, 4.69) is 28.2 Å². The van der Waals surface area contributed by atoms with E-state index in [1.165, 1.54) is 30.4 Å². The first-order valence-corrected chi connectivity index (χ1v) is 7.01. The van der Waals surface area contributed by atoms with E-state index in [-0.39, 0.29) is 0 Å². The Labute approximate surface area is 117 Å². The third kappa shape index (κ3) is 1.65. The molecule has 0 unspecified atom stereocenters. The van der Waals surface area contributed by atoms with Crippen LogP contribution in [0.4, 0.5) is 0 Å². The molecule has 2 N–H and O–H groups in total. The number of nitrogens with two attached hydrogens (primary N) is 1. The monoisotopic (exact) mass is 264 g/mol. The van der Waals surface area contributed by atoms with Crippen molar-refractivity contribution >= 4 is 5.78 Å². The van der Waals surface area contributed by atoms with Crippen LogP contribution in [0, 0.1) is 0 Å². The van der Waals surface area contributed by atoms with Crippen LogP contribution >= 0.6 is 0 Å². The zero-order valence-corrected chi connectivity index (χ0v) is 11.2. The Balaban J connectivity index is 1.93. The highest BCUT2D eigenvalue weighted by Gasteiger charge is 2.16. The summed E-state index contributed by atoms with van der Waals surface area (Å²) >= 11 is 0. The Morgan fingerprint density at radius 3 is 3.00 bits per heavy atom. The molecule has 4 heteroatoms. The van der Waals surface area contributed by atoms with Gasteiger partial charge in [-0.15, -0.1) is 0 Å². The lowest BCUT2D eigenvalue weighted by atomic mass is 10.0. The smallest absolute Gasteiger partial charge is 0.234 e. The van der Waals surface area contributed by atoms with Gasteiger partial charge in [-0.25, -0.2) is 9.97 Å². The normalized spacial score (nSPS) is 13.8. The van der Waals surface area contributed by atoms with Gasteiger partial charge in [-0.3, -0.25) is 4.40 Å². The predicted octanol–water partition coefficient (Wildman–Crippen LogP) is 2.34. The molecule has 0 spiro atoms. The molecular formula is C16H16N4. The van der Waals surface area contributed by atoms with Crippen LogP contribution < -0.4 is 5.73 Å². The number of hydrogen-bond donors (Lipinski definition) is 1. The minimum atomic E-state index is 0.458. The van der Waals surface area contributed by atoms with E-state index in [4.69, 9.17) is 5.73 Å². The van der Waals surface area contributed by atoms with E-state index in [0.717, 1.165) is 17.0 Å². The van der Waals surface area contributed by atoms with Crippen molar-refractivity contribution in [3.63, 3.8) is 0 Å². The van der Waals surface area contributed by atoms with Gasteiger partial charge in [0, 0.05) is 24.5 Å². The summed E-state index contributed by atoms with van der Waals surface area (Å²) in [5.74, 6) is 0.712. The van der Waals surface area contributed by atoms with Crippen molar-refractivity contribution in [3.8, 4) is 11.3 Å².